The molecule has 118 valence electrons. The molecule has 1 aromatic rings. The van der Waals surface area contributed by atoms with Crippen LogP contribution in [-0.2, 0) is 6.54 Å². The Balaban J connectivity index is 2.25. The molecule has 0 atom stereocenters. The molecular weight excluding hydrogens is 272 g/mol. The van der Waals surface area contributed by atoms with Gasteiger partial charge < -0.3 is 16.2 Å². The summed E-state index contributed by atoms with van der Waals surface area (Å²) in [6.07, 6.45) is 4.79. The standard InChI is InChI=1S/C14H24N4O3/c1-2-7-18-11(15)10(12(20)17-13(18)21)16-8-14(9-19)5-3-4-6-14/h16,19H,2-9,15H2,1H3,(H,17,20,21). The summed E-state index contributed by atoms with van der Waals surface area (Å²) < 4.78 is 1.37. The Morgan fingerprint density at radius 2 is 2.05 bits per heavy atom. The van der Waals surface area contributed by atoms with Crippen LogP contribution in [0.25, 0.3) is 0 Å². The zero-order valence-corrected chi connectivity index (χ0v) is 12.4. The number of aliphatic hydroxyl groups excluding tert-OH is 1. The first-order valence-corrected chi connectivity index (χ1v) is 7.50. The number of nitrogens with zero attached hydrogens (tertiary/aromatic N) is 1. The monoisotopic (exact) mass is 296 g/mol. The molecule has 5 N–H and O–H groups in total. The van der Waals surface area contributed by atoms with Crippen molar-refractivity contribution in [2.45, 2.75) is 45.6 Å². The van der Waals surface area contributed by atoms with Gasteiger partial charge in [0, 0.05) is 18.5 Å². The molecule has 1 aromatic heterocycles. The van der Waals surface area contributed by atoms with E-state index in [0.29, 0.717) is 13.1 Å². The van der Waals surface area contributed by atoms with Crippen LogP contribution >= 0.6 is 0 Å². The number of H-pyrrole nitrogens is 1. The van der Waals surface area contributed by atoms with Gasteiger partial charge in [-0.1, -0.05) is 19.8 Å². The number of nitrogens with two attached hydrogens (primary N) is 1. The van der Waals surface area contributed by atoms with Crippen LogP contribution in [0.4, 0.5) is 11.5 Å². The quantitative estimate of drug-likeness (QED) is 0.610. The molecule has 0 radical (unpaired) electrons. The van der Waals surface area contributed by atoms with Gasteiger partial charge in [0.2, 0.25) is 0 Å². The number of hydrogen-bond acceptors (Lipinski definition) is 5. The Kier molecular flexibility index (Phi) is 4.72. The summed E-state index contributed by atoms with van der Waals surface area (Å²) in [4.78, 5) is 26.0. The Morgan fingerprint density at radius 3 is 2.62 bits per heavy atom. The summed E-state index contributed by atoms with van der Waals surface area (Å²) in [5, 5.41) is 12.7. The Labute approximate surface area is 123 Å². The Bertz CT molecular complexity index is 599. The highest BCUT2D eigenvalue weighted by Crippen LogP contribution is 2.37. The molecule has 1 saturated carbocycles. The number of aromatic nitrogens is 2. The van der Waals surface area contributed by atoms with E-state index in [2.05, 4.69) is 10.3 Å². The summed E-state index contributed by atoms with van der Waals surface area (Å²) in [7, 11) is 0. The minimum atomic E-state index is -0.504. The molecular formula is C14H24N4O3. The van der Waals surface area contributed by atoms with Crippen LogP contribution in [0, 0.1) is 5.41 Å². The third-order valence-electron chi connectivity index (χ3n) is 4.33. The molecule has 1 fully saturated rings. The molecule has 0 amide bonds. The third kappa shape index (κ3) is 3.12. The molecule has 0 bridgehead atoms. The van der Waals surface area contributed by atoms with E-state index in [0.717, 1.165) is 32.1 Å². The number of nitrogens with one attached hydrogen (secondary N) is 2. The number of nitrogen functional groups attached to an aromatic ring is 1. The zero-order valence-electron chi connectivity index (χ0n) is 12.4. The molecule has 21 heavy (non-hydrogen) atoms. The molecule has 2 rings (SSSR count). The maximum Gasteiger partial charge on any atom is 0.330 e. The van der Waals surface area contributed by atoms with Crippen LogP contribution in [0.1, 0.15) is 39.0 Å². The van der Waals surface area contributed by atoms with Crippen molar-refractivity contribution >= 4 is 11.5 Å². The van der Waals surface area contributed by atoms with Gasteiger partial charge >= 0.3 is 5.69 Å². The largest absolute Gasteiger partial charge is 0.396 e. The maximum atomic E-state index is 11.9. The second-order valence-corrected chi connectivity index (χ2v) is 5.89. The summed E-state index contributed by atoms with van der Waals surface area (Å²) in [6, 6.07) is 0. The Hall–Kier alpha value is -1.76. The smallest absolute Gasteiger partial charge is 0.330 e. The highest BCUT2D eigenvalue weighted by molar-refractivity contribution is 5.60. The molecule has 0 spiro atoms. The molecule has 1 aliphatic rings. The molecule has 0 aliphatic heterocycles. The first-order valence-electron chi connectivity index (χ1n) is 7.50. The number of hydrogen-bond donors (Lipinski definition) is 4. The van der Waals surface area contributed by atoms with Crippen LogP contribution in [0.2, 0.25) is 0 Å². The molecule has 0 unspecified atom stereocenters. The van der Waals surface area contributed by atoms with Gasteiger partial charge in [-0.15, -0.1) is 0 Å². The predicted octanol–water partition coefficient (Wildman–Crippen LogP) is 0.493. The van der Waals surface area contributed by atoms with Gasteiger partial charge in [-0.2, -0.15) is 0 Å². The fraction of sp³-hybridized carbons (Fsp3) is 0.714. The van der Waals surface area contributed by atoms with E-state index >= 15 is 0 Å². The van der Waals surface area contributed by atoms with Gasteiger partial charge in [-0.25, -0.2) is 4.79 Å². The van der Waals surface area contributed by atoms with E-state index in [1.807, 2.05) is 6.92 Å². The highest BCUT2D eigenvalue weighted by atomic mass is 16.3. The molecule has 1 heterocycles. The lowest BCUT2D eigenvalue weighted by molar-refractivity contribution is 0.142. The van der Waals surface area contributed by atoms with E-state index in [1.165, 1.54) is 4.57 Å². The van der Waals surface area contributed by atoms with Crippen molar-refractivity contribution in [2.75, 3.05) is 24.2 Å². The summed E-state index contributed by atoms with van der Waals surface area (Å²) in [6.45, 7) is 2.97. The van der Waals surface area contributed by atoms with Crippen molar-refractivity contribution in [1.29, 1.82) is 0 Å². The van der Waals surface area contributed by atoms with Crippen LogP contribution in [0.5, 0.6) is 0 Å². The first kappa shape index (κ1) is 15.6. The molecule has 0 saturated heterocycles. The van der Waals surface area contributed by atoms with Crippen LogP contribution in [0.3, 0.4) is 0 Å². The molecule has 1 aliphatic carbocycles. The topological polar surface area (TPSA) is 113 Å². The normalized spacial score (nSPS) is 17.0. The first-order chi connectivity index (χ1) is 10.0. The van der Waals surface area contributed by atoms with Crippen molar-refractivity contribution in [2.24, 2.45) is 5.41 Å². The second-order valence-electron chi connectivity index (χ2n) is 5.89. The van der Waals surface area contributed by atoms with Crippen molar-refractivity contribution in [3.63, 3.8) is 0 Å². The Morgan fingerprint density at radius 1 is 1.38 bits per heavy atom. The fourth-order valence-electron chi connectivity index (χ4n) is 3.00. The van der Waals surface area contributed by atoms with E-state index in [9.17, 15) is 14.7 Å². The third-order valence-corrected chi connectivity index (χ3v) is 4.33. The van der Waals surface area contributed by atoms with Crippen molar-refractivity contribution < 1.29 is 5.11 Å². The summed E-state index contributed by atoms with van der Waals surface area (Å²) in [5.41, 5.74) is 5.01. The molecule has 7 heteroatoms. The van der Waals surface area contributed by atoms with E-state index in [1.54, 1.807) is 0 Å². The fourth-order valence-corrected chi connectivity index (χ4v) is 3.00. The van der Waals surface area contributed by atoms with Gasteiger partial charge in [-0.05, 0) is 19.3 Å². The average molecular weight is 296 g/mol. The number of aliphatic hydroxyl groups is 1. The maximum absolute atomic E-state index is 11.9. The minimum absolute atomic E-state index is 0.0897. The lowest BCUT2D eigenvalue weighted by atomic mass is 9.87. The molecule has 7 nitrogen and oxygen atoms in total. The molecule has 0 aromatic carbocycles. The van der Waals surface area contributed by atoms with E-state index in [-0.39, 0.29) is 23.5 Å². The van der Waals surface area contributed by atoms with Crippen molar-refractivity contribution in [3.8, 4) is 0 Å². The highest BCUT2D eigenvalue weighted by Gasteiger charge is 2.33. The zero-order chi connectivity index (χ0) is 15.5. The summed E-state index contributed by atoms with van der Waals surface area (Å²) >= 11 is 0. The van der Waals surface area contributed by atoms with Crippen LogP contribution < -0.4 is 22.3 Å². The van der Waals surface area contributed by atoms with Gasteiger partial charge in [0.05, 0.1) is 6.61 Å². The van der Waals surface area contributed by atoms with Crippen LogP contribution in [-0.4, -0.2) is 27.8 Å². The number of anilines is 2. The van der Waals surface area contributed by atoms with Crippen molar-refractivity contribution in [1.82, 2.24) is 9.55 Å². The number of aromatic amines is 1. The van der Waals surface area contributed by atoms with Crippen LogP contribution in [0.15, 0.2) is 9.59 Å². The summed E-state index contributed by atoms with van der Waals surface area (Å²) in [5.74, 6) is 0.164. The minimum Gasteiger partial charge on any atom is -0.396 e. The average Bonchev–Trinajstić information content (AvgIpc) is 2.92. The van der Waals surface area contributed by atoms with Gasteiger partial charge in [0.25, 0.3) is 5.56 Å². The number of rotatable bonds is 6. The lowest BCUT2D eigenvalue weighted by Gasteiger charge is -2.27. The van der Waals surface area contributed by atoms with Gasteiger partial charge in [0.15, 0.2) is 0 Å². The van der Waals surface area contributed by atoms with E-state index in [4.69, 9.17) is 5.73 Å². The van der Waals surface area contributed by atoms with Crippen molar-refractivity contribution in [3.05, 3.63) is 20.8 Å². The van der Waals surface area contributed by atoms with E-state index < -0.39 is 11.2 Å². The lowest BCUT2D eigenvalue weighted by Crippen LogP contribution is -2.37. The predicted molar refractivity (Wildman–Crippen MR) is 82.5 cm³/mol. The second kappa shape index (κ2) is 6.34. The van der Waals surface area contributed by atoms with Gasteiger partial charge in [-0.3, -0.25) is 14.3 Å². The SMILES string of the molecule is CCCn1c(N)c(NCC2(CO)CCCC2)c(=O)[nH]c1=O. The van der Waals surface area contributed by atoms with Gasteiger partial charge in [0.1, 0.15) is 11.5 Å².